The summed E-state index contributed by atoms with van der Waals surface area (Å²) in [6.07, 6.45) is 1.59. The van der Waals surface area contributed by atoms with E-state index in [1.165, 1.54) is 11.3 Å². The van der Waals surface area contributed by atoms with Gasteiger partial charge in [0.2, 0.25) is 0 Å². The summed E-state index contributed by atoms with van der Waals surface area (Å²) in [7, 11) is 0. The highest BCUT2D eigenvalue weighted by Crippen LogP contribution is 2.28. The maximum atomic E-state index is 9.39. The fourth-order valence-corrected chi connectivity index (χ4v) is 2.86. The maximum Gasteiger partial charge on any atom is 0.131 e. The summed E-state index contributed by atoms with van der Waals surface area (Å²) in [5.74, 6) is 2.61. The lowest BCUT2D eigenvalue weighted by molar-refractivity contribution is -0.0343. The summed E-state index contributed by atoms with van der Waals surface area (Å²) in [5, 5.41) is 9.39. The van der Waals surface area contributed by atoms with Crippen molar-refractivity contribution < 1.29 is 14.6 Å². The van der Waals surface area contributed by atoms with Crippen LogP contribution < -0.4 is 4.74 Å². The van der Waals surface area contributed by atoms with Gasteiger partial charge in [-0.3, -0.25) is 0 Å². The molecule has 0 amide bonds. The van der Waals surface area contributed by atoms with E-state index < -0.39 is 0 Å². The van der Waals surface area contributed by atoms with E-state index in [4.69, 9.17) is 9.47 Å². The molecule has 1 heterocycles. The van der Waals surface area contributed by atoms with Gasteiger partial charge in [0.05, 0.1) is 6.10 Å². The predicted molar refractivity (Wildman–Crippen MR) is 79.7 cm³/mol. The van der Waals surface area contributed by atoms with Crippen LogP contribution in [0.2, 0.25) is 0 Å². The smallest absolute Gasteiger partial charge is 0.131 e. The molecule has 20 heavy (non-hydrogen) atoms. The molecule has 1 unspecified atom stereocenters. The first-order valence-electron chi connectivity index (χ1n) is 6.61. The van der Waals surface area contributed by atoms with Gasteiger partial charge in [-0.15, -0.1) is 11.8 Å². The molecule has 0 aliphatic carbocycles. The van der Waals surface area contributed by atoms with Crippen molar-refractivity contribution in [3.05, 3.63) is 48.5 Å². The minimum Gasteiger partial charge on any atom is -0.508 e. The number of hydrogen-bond donors (Lipinski definition) is 1. The second-order valence-corrected chi connectivity index (χ2v) is 5.76. The summed E-state index contributed by atoms with van der Waals surface area (Å²) in [6.45, 7) is 0.905. The first kappa shape index (κ1) is 13.3. The van der Waals surface area contributed by atoms with Gasteiger partial charge in [0.15, 0.2) is 0 Å². The molecule has 3 rings (SSSR count). The third kappa shape index (κ3) is 3.46. The van der Waals surface area contributed by atoms with E-state index >= 15 is 0 Å². The summed E-state index contributed by atoms with van der Waals surface area (Å²) >= 11 is 1.80. The van der Waals surface area contributed by atoms with Crippen molar-refractivity contribution in [3.63, 3.8) is 0 Å². The van der Waals surface area contributed by atoms with Gasteiger partial charge in [0, 0.05) is 23.3 Å². The molecule has 0 bridgehead atoms. The van der Waals surface area contributed by atoms with Crippen LogP contribution in [0.15, 0.2) is 53.4 Å². The fourth-order valence-electron chi connectivity index (χ4n) is 1.89. The van der Waals surface area contributed by atoms with Gasteiger partial charge in [-0.2, -0.15) is 0 Å². The van der Waals surface area contributed by atoms with Gasteiger partial charge in [-0.25, -0.2) is 0 Å². The molecular formula is C16H16O3S. The van der Waals surface area contributed by atoms with Crippen molar-refractivity contribution in [2.24, 2.45) is 0 Å². The third-order valence-corrected chi connectivity index (χ3v) is 4.25. The quantitative estimate of drug-likeness (QED) is 0.842. The lowest BCUT2D eigenvalue weighted by Crippen LogP contribution is -2.28. The number of thioether (sulfide) groups is 1. The van der Waals surface area contributed by atoms with Gasteiger partial charge in [-0.1, -0.05) is 6.07 Å². The Morgan fingerprint density at radius 1 is 1.15 bits per heavy atom. The van der Waals surface area contributed by atoms with Crippen molar-refractivity contribution >= 4 is 11.8 Å². The Balaban J connectivity index is 1.57. The molecule has 1 saturated heterocycles. The third-order valence-electron chi connectivity index (χ3n) is 3.11. The maximum absolute atomic E-state index is 9.39. The van der Waals surface area contributed by atoms with E-state index in [0.29, 0.717) is 11.9 Å². The molecule has 1 fully saturated rings. The second-order valence-electron chi connectivity index (χ2n) is 4.66. The summed E-state index contributed by atoms with van der Waals surface area (Å²) in [6, 6.07) is 14.8. The van der Waals surface area contributed by atoms with Crippen molar-refractivity contribution in [2.45, 2.75) is 17.4 Å². The van der Waals surface area contributed by atoms with Gasteiger partial charge < -0.3 is 14.6 Å². The molecule has 0 saturated carbocycles. The van der Waals surface area contributed by atoms with Crippen molar-refractivity contribution in [3.8, 4) is 17.2 Å². The van der Waals surface area contributed by atoms with Crippen LogP contribution in [0.4, 0.5) is 0 Å². The molecule has 1 atom stereocenters. The minimum absolute atomic E-state index is 0.204. The normalized spacial score (nSPS) is 17.5. The topological polar surface area (TPSA) is 38.7 Å². The number of ether oxygens (including phenoxy) is 2. The van der Waals surface area contributed by atoms with E-state index in [9.17, 15) is 5.11 Å². The standard InChI is InChI=1S/C16H16O3S/c17-12-2-1-3-14(10-12)19-13-4-6-16(7-5-13)20-11-15-8-9-18-15/h1-7,10,15,17H,8-9,11H2. The molecule has 2 aromatic carbocycles. The highest BCUT2D eigenvalue weighted by Gasteiger charge is 2.17. The molecule has 0 radical (unpaired) electrons. The van der Waals surface area contributed by atoms with Crippen molar-refractivity contribution in [2.75, 3.05) is 12.4 Å². The summed E-state index contributed by atoms with van der Waals surface area (Å²) < 4.78 is 11.1. The number of aromatic hydroxyl groups is 1. The summed E-state index contributed by atoms with van der Waals surface area (Å²) in [5.41, 5.74) is 0. The van der Waals surface area contributed by atoms with Crippen LogP contribution in [0.25, 0.3) is 0 Å². The number of phenols is 1. The Bertz CT molecular complexity index is 564. The van der Waals surface area contributed by atoms with Crippen LogP contribution in [0.3, 0.4) is 0 Å². The van der Waals surface area contributed by atoms with Crippen LogP contribution in [-0.4, -0.2) is 23.6 Å². The zero-order valence-electron chi connectivity index (χ0n) is 11.0. The lowest BCUT2D eigenvalue weighted by Gasteiger charge is -2.25. The van der Waals surface area contributed by atoms with Gasteiger partial charge in [0.1, 0.15) is 17.2 Å². The second kappa shape index (κ2) is 6.20. The van der Waals surface area contributed by atoms with E-state index in [2.05, 4.69) is 0 Å². The largest absolute Gasteiger partial charge is 0.508 e. The fraction of sp³-hybridized carbons (Fsp3) is 0.250. The number of phenolic OH excluding ortho intramolecular Hbond substituents is 1. The highest BCUT2D eigenvalue weighted by molar-refractivity contribution is 7.99. The minimum atomic E-state index is 0.204. The Hall–Kier alpha value is -1.65. The van der Waals surface area contributed by atoms with Crippen LogP contribution in [0.5, 0.6) is 17.2 Å². The number of hydrogen-bond acceptors (Lipinski definition) is 4. The molecule has 4 heteroatoms. The molecule has 1 N–H and O–H groups in total. The molecule has 0 aromatic heterocycles. The zero-order valence-corrected chi connectivity index (χ0v) is 11.8. The number of benzene rings is 2. The molecule has 3 nitrogen and oxygen atoms in total. The van der Waals surface area contributed by atoms with Gasteiger partial charge >= 0.3 is 0 Å². The molecule has 1 aliphatic rings. The van der Waals surface area contributed by atoms with Crippen LogP contribution >= 0.6 is 11.8 Å². The predicted octanol–water partition coefficient (Wildman–Crippen LogP) is 4.07. The molecule has 104 valence electrons. The molecule has 2 aromatic rings. The van der Waals surface area contributed by atoms with E-state index in [0.717, 1.165) is 18.1 Å². The Kier molecular flexibility index (Phi) is 4.14. The SMILES string of the molecule is Oc1cccc(Oc2ccc(SCC3CCO3)cc2)c1. The van der Waals surface area contributed by atoms with Crippen LogP contribution in [0.1, 0.15) is 6.42 Å². The Labute approximate surface area is 122 Å². The van der Waals surface area contributed by atoms with E-state index in [1.54, 1.807) is 30.0 Å². The van der Waals surface area contributed by atoms with Gasteiger partial charge in [-0.05, 0) is 42.8 Å². The number of rotatable bonds is 5. The first-order chi connectivity index (χ1) is 9.79. The Morgan fingerprint density at radius 3 is 2.60 bits per heavy atom. The Morgan fingerprint density at radius 2 is 1.95 bits per heavy atom. The molecule has 1 aliphatic heterocycles. The van der Waals surface area contributed by atoms with Crippen LogP contribution in [0, 0.1) is 0 Å². The highest BCUT2D eigenvalue weighted by atomic mass is 32.2. The average molecular weight is 288 g/mol. The molecular weight excluding hydrogens is 272 g/mol. The van der Waals surface area contributed by atoms with Crippen molar-refractivity contribution in [1.82, 2.24) is 0 Å². The van der Waals surface area contributed by atoms with Gasteiger partial charge in [0.25, 0.3) is 0 Å². The monoisotopic (exact) mass is 288 g/mol. The lowest BCUT2D eigenvalue weighted by atomic mass is 10.2. The van der Waals surface area contributed by atoms with Crippen LogP contribution in [-0.2, 0) is 4.74 Å². The first-order valence-corrected chi connectivity index (χ1v) is 7.59. The summed E-state index contributed by atoms with van der Waals surface area (Å²) in [4.78, 5) is 1.21. The molecule has 0 spiro atoms. The van der Waals surface area contributed by atoms with E-state index in [-0.39, 0.29) is 5.75 Å². The zero-order chi connectivity index (χ0) is 13.8. The van der Waals surface area contributed by atoms with Crippen molar-refractivity contribution in [1.29, 1.82) is 0 Å². The average Bonchev–Trinajstić information content (AvgIpc) is 2.39. The van der Waals surface area contributed by atoms with E-state index in [1.807, 2.05) is 30.3 Å².